The van der Waals surface area contributed by atoms with Crippen molar-refractivity contribution in [3.8, 4) is 17.2 Å². The van der Waals surface area contributed by atoms with E-state index in [0.717, 1.165) is 27.1 Å². The van der Waals surface area contributed by atoms with Crippen LogP contribution in [0.15, 0.2) is 14.4 Å². The fourth-order valence-corrected chi connectivity index (χ4v) is 3.02. The predicted octanol–water partition coefficient (Wildman–Crippen LogP) is 3.65. The third-order valence-electron chi connectivity index (χ3n) is 2.13. The summed E-state index contributed by atoms with van der Waals surface area (Å²) in [5.74, 6) is 0.739. The number of aromatic nitrogens is 1. The second kappa shape index (κ2) is 3.80. The van der Waals surface area contributed by atoms with Gasteiger partial charge in [-0.1, -0.05) is 5.16 Å². The lowest BCUT2D eigenvalue weighted by atomic mass is 10.1. The van der Waals surface area contributed by atoms with Crippen molar-refractivity contribution in [2.45, 2.75) is 13.8 Å². The maximum Gasteiger partial charge on any atom is 0.141 e. The van der Waals surface area contributed by atoms with E-state index in [2.05, 4.69) is 27.2 Å². The van der Waals surface area contributed by atoms with E-state index in [1.54, 1.807) is 0 Å². The Morgan fingerprint density at radius 1 is 1.47 bits per heavy atom. The van der Waals surface area contributed by atoms with Gasteiger partial charge < -0.3 is 4.52 Å². The number of nitriles is 1. The third kappa shape index (κ3) is 1.60. The van der Waals surface area contributed by atoms with Gasteiger partial charge in [-0.15, -0.1) is 11.3 Å². The minimum Gasteiger partial charge on any atom is -0.361 e. The van der Waals surface area contributed by atoms with Gasteiger partial charge in [0.2, 0.25) is 0 Å². The molecule has 0 bridgehead atoms. The summed E-state index contributed by atoms with van der Waals surface area (Å²) in [6, 6.07) is 2.18. The van der Waals surface area contributed by atoms with Crippen molar-refractivity contribution in [2.75, 3.05) is 0 Å². The van der Waals surface area contributed by atoms with E-state index >= 15 is 0 Å². The Morgan fingerprint density at radius 3 is 2.73 bits per heavy atom. The summed E-state index contributed by atoms with van der Waals surface area (Å²) in [6.45, 7) is 3.72. The highest BCUT2D eigenvalue weighted by Gasteiger charge is 2.19. The van der Waals surface area contributed by atoms with Crippen LogP contribution < -0.4 is 0 Å². The van der Waals surface area contributed by atoms with Crippen molar-refractivity contribution in [1.82, 2.24) is 5.16 Å². The van der Waals surface area contributed by atoms with Crippen LogP contribution in [0.1, 0.15) is 16.3 Å². The highest BCUT2D eigenvalue weighted by Crippen LogP contribution is 2.39. The van der Waals surface area contributed by atoms with Gasteiger partial charge in [-0.05, 0) is 29.8 Å². The maximum absolute atomic E-state index is 9.00. The SMILES string of the molecule is Cc1noc(C)c1-c1c(Br)csc1C#N. The van der Waals surface area contributed by atoms with E-state index in [9.17, 15) is 0 Å². The zero-order chi connectivity index (χ0) is 11.0. The molecule has 0 atom stereocenters. The Hall–Kier alpha value is -1.12. The van der Waals surface area contributed by atoms with E-state index in [1.165, 1.54) is 11.3 Å². The molecule has 0 N–H and O–H groups in total. The van der Waals surface area contributed by atoms with Gasteiger partial charge >= 0.3 is 0 Å². The Bertz CT molecular complexity index is 531. The highest BCUT2D eigenvalue weighted by atomic mass is 79.9. The van der Waals surface area contributed by atoms with E-state index in [0.29, 0.717) is 4.88 Å². The van der Waals surface area contributed by atoms with Crippen molar-refractivity contribution < 1.29 is 4.52 Å². The molecule has 0 fully saturated rings. The van der Waals surface area contributed by atoms with Gasteiger partial charge in [0.25, 0.3) is 0 Å². The first-order chi connectivity index (χ1) is 7.15. The number of nitrogens with zero attached hydrogens (tertiary/aromatic N) is 2. The molecule has 0 amide bonds. The summed E-state index contributed by atoms with van der Waals surface area (Å²) < 4.78 is 6.01. The fourth-order valence-electron chi connectivity index (χ4n) is 1.49. The molecule has 2 rings (SSSR count). The minimum absolute atomic E-state index is 0.677. The number of hydrogen-bond donors (Lipinski definition) is 0. The van der Waals surface area contributed by atoms with Gasteiger partial charge in [0.1, 0.15) is 16.7 Å². The quantitative estimate of drug-likeness (QED) is 0.802. The van der Waals surface area contributed by atoms with Crippen LogP contribution in [0.25, 0.3) is 11.1 Å². The minimum atomic E-state index is 0.677. The number of hydrogen-bond acceptors (Lipinski definition) is 4. The summed E-state index contributed by atoms with van der Waals surface area (Å²) in [7, 11) is 0. The van der Waals surface area contributed by atoms with Crippen LogP contribution in [0, 0.1) is 25.2 Å². The van der Waals surface area contributed by atoms with Crippen molar-refractivity contribution in [1.29, 1.82) is 5.26 Å². The maximum atomic E-state index is 9.00. The number of rotatable bonds is 1. The molecule has 0 spiro atoms. The van der Waals surface area contributed by atoms with Gasteiger partial charge in [-0.2, -0.15) is 5.26 Å². The van der Waals surface area contributed by atoms with Gasteiger partial charge in [0, 0.05) is 15.4 Å². The number of thiophene rings is 1. The third-order valence-corrected chi connectivity index (χ3v) is 3.94. The smallest absolute Gasteiger partial charge is 0.141 e. The largest absolute Gasteiger partial charge is 0.361 e. The molecule has 0 saturated carbocycles. The van der Waals surface area contributed by atoms with Gasteiger partial charge in [-0.3, -0.25) is 0 Å². The average Bonchev–Trinajstić information content (AvgIpc) is 2.71. The van der Waals surface area contributed by atoms with Crippen LogP contribution in [0.5, 0.6) is 0 Å². The summed E-state index contributed by atoms with van der Waals surface area (Å²) >= 11 is 4.85. The highest BCUT2D eigenvalue weighted by molar-refractivity contribution is 9.10. The Balaban J connectivity index is 2.74. The second-order valence-electron chi connectivity index (χ2n) is 3.10. The van der Waals surface area contributed by atoms with E-state index in [4.69, 9.17) is 9.78 Å². The van der Waals surface area contributed by atoms with Crippen LogP contribution in [-0.4, -0.2) is 5.16 Å². The molecule has 5 heteroatoms. The lowest BCUT2D eigenvalue weighted by Gasteiger charge is -1.98. The zero-order valence-electron chi connectivity index (χ0n) is 8.17. The average molecular weight is 283 g/mol. The summed E-state index contributed by atoms with van der Waals surface area (Å²) in [5.41, 5.74) is 2.61. The molecule has 3 nitrogen and oxygen atoms in total. The first-order valence-corrected chi connectivity index (χ1v) is 5.92. The molecule has 2 aromatic rings. The fraction of sp³-hybridized carbons (Fsp3) is 0.200. The molecule has 0 aliphatic carbocycles. The molecule has 76 valence electrons. The normalized spacial score (nSPS) is 10.3. The Morgan fingerprint density at radius 2 is 2.20 bits per heavy atom. The van der Waals surface area contributed by atoms with Gasteiger partial charge in [0.05, 0.1) is 11.3 Å². The molecule has 0 unspecified atom stereocenters. The Labute approximate surface area is 99.4 Å². The van der Waals surface area contributed by atoms with Crippen LogP contribution in [-0.2, 0) is 0 Å². The predicted molar refractivity (Wildman–Crippen MR) is 61.7 cm³/mol. The standard InChI is InChI=1S/C10H7BrN2OS/c1-5-9(6(2)14-13-5)10-7(11)4-15-8(10)3-12/h4H,1-2H3. The van der Waals surface area contributed by atoms with Crippen LogP contribution in [0.4, 0.5) is 0 Å². The van der Waals surface area contributed by atoms with Gasteiger partial charge in [0.15, 0.2) is 0 Å². The molecule has 2 aromatic heterocycles. The van der Waals surface area contributed by atoms with Crippen LogP contribution in [0.3, 0.4) is 0 Å². The molecule has 0 saturated heterocycles. The van der Waals surface area contributed by atoms with Crippen LogP contribution in [0.2, 0.25) is 0 Å². The lowest BCUT2D eigenvalue weighted by Crippen LogP contribution is -1.83. The van der Waals surface area contributed by atoms with Crippen molar-refractivity contribution in [2.24, 2.45) is 0 Å². The lowest BCUT2D eigenvalue weighted by molar-refractivity contribution is 0.393. The van der Waals surface area contributed by atoms with Crippen molar-refractivity contribution in [3.63, 3.8) is 0 Å². The molecule has 0 radical (unpaired) electrons. The van der Waals surface area contributed by atoms with E-state index in [1.807, 2.05) is 19.2 Å². The molecule has 0 aromatic carbocycles. The summed E-state index contributed by atoms with van der Waals surface area (Å²) in [4.78, 5) is 0.677. The zero-order valence-corrected chi connectivity index (χ0v) is 10.6. The monoisotopic (exact) mass is 282 g/mol. The number of aryl methyl sites for hydroxylation is 2. The summed E-state index contributed by atoms with van der Waals surface area (Å²) in [5, 5.41) is 14.8. The molecule has 0 aliphatic heterocycles. The second-order valence-corrected chi connectivity index (χ2v) is 4.83. The first kappa shape index (κ1) is 10.4. The molecular formula is C10H7BrN2OS. The number of halogens is 1. The van der Waals surface area contributed by atoms with Crippen LogP contribution >= 0.6 is 27.3 Å². The van der Waals surface area contributed by atoms with Gasteiger partial charge in [-0.25, -0.2) is 0 Å². The molecule has 2 heterocycles. The Kier molecular flexibility index (Phi) is 2.63. The molecule has 0 aliphatic rings. The topological polar surface area (TPSA) is 49.8 Å². The van der Waals surface area contributed by atoms with E-state index in [-0.39, 0.29) is 0 Å². The van der Waals surface area contributed by atoms with E-state index < -0.39 is 0 Å². The first-order valence-electron chi connectivity index (χ1n) is 4.25. The summed E-state index contributed by atoms with van der Waals surface area (Å²) in [6.07, 6.45) is 0. The molecule has 15 heavy (non-hydrogen) atoms. The van der Waals surface area contributed by atoms with Crippen molar-refractivity contribution in [3.05, 3.63) is 26.2 Å². The molecular weight excluding hydrogens is 276 g/mol. The van der Waals surface area contributed by atoms with Crippen molar-refractivity contribution >= 4 is 27.3 Å².